The van der Waals surface area contributed by atoms with E-state index in [4.69, 9.17) is 9.26 Å². The molecule has 4 heteroatoms. The Morgan fingerprint density at radius 2 is 2.43 bits per heavy atom. The van der Waals surface area contributed by atoms with Crippen LogP contribution in [0.15, 0.2) is 10.6 Å². The van der Waals surface area contributed by atoms with Crippen molar-refractivity contribution >= 4 is 5.97 Å². The number of nitrogens with zero attached hydrogens (tertiary/aromatic N) is 1. The van der Waals surface area contributed by atoms with E-state index in [1.54, 1.807) is 0 Å². The molecule has 1 heterocycles. The molecule has 78 valence electrons. The highest BCUT2D eigenvalue weighted by Crippen LogP contribution is 2.04. The topological polar surface area (TPSA) is 52.3 Å². The highest BCUT2D eigenvalue weighted by atomic mass is 16.5. The summed E-state index contributed by atoms with van der Waals surface area (Å²) >= 11 is 0. The Bertz CT molecular complexity index is 293. The summed E-state index contributed by atoms with van der Waals surface area (Å²) in [6.45, 7) is 4.29. The molecule has 0 fully saturated rings. The predicted molar refractivity (Wildman–Crippen MR) is 50.8 cm³/mol. The third kappa shape index (κ3) is 3.60. The largest absolute Gasteiger partial charge is 0.466 e. The summed E-state index contributed by atoms with van der Waals surface area (Å²) in [5.74, 6) is 0.592. The van der Waals surface area contributed by atoms with Crippen molar-refractivity contribution in [3.05, 3.63) is 17.5 Å². The molecule has 0 spiro atoms. The maximum Gasteiger partial charge on any atom is 0.306 e. The van der Waals surface area contributed by atoms with Crippen LogP contribution < -0.4 is 0 Å². The van der Waals surface area contributed by atoms with Gasteiger partial charge >= 0.3 is 5.97 Å². The molecule has 0 aliphatic carbocycles. The minimum absolute atomic E-state index is 0.174. The van der Waals surface area contributed by atoms with Gasteiger partial charge in [-0.25, -0.2) is 0 Å². The first kappa shape index (κ1) is 10.8. The predicted octanol–water partition coefficient (Wildman–Crippen LogP) is 1.87. The van der Waals surface area contributed by atoms with Gasteiger partial charge in [-0.15, -0.1) is 0 Å². The maximum absolute atomic E-state index is 11.1. The van der Waals surface area contributed by atoms with Crippen LogP contribution in [0, 0.1) is 6.92 Å². The van der Waals surface area contributed by atoms with E-state index in [0.717, 1.165) is 17.9 Å². The highest BCUT2D eigenvalue weighted by molar-refractivity contribution is 5.69. The zero-order valence-electron chi connectivity index (χ0n) is 8.58. The molecule has 1 rings (SSSR count). The minimum Gasteiger partial charge on any atom is -0.466 e. The van der Waals surface area contributed by atoms with Gasteiger partial charge in [0.05, 0.1) is 18.7 Å². The van der Waals surface area contributed by atoms with Crippen molar-refractivity contribution in [3.8, 4) is 0 Å². The molecule has 0 bridgehead atoms. The fourth-order valence-electron chi connectivity index (χ4n) is 1.05. The summed E-state index contributed by atoms with van der Waals surface area (Å²) in [4.78, 5) is 11.1. The fraction of sp³-hybridized carbons (Fsp3) is 0.600. The van der Waals surface area contributed by atoms with Crippen molar-refractivity contribution in [1.82, 2.24) is 5.16 Å². The van der Waals surface area contributed by atoms with E-state index in [-0.39, 0.29) is 5.97 Å². The summed E-state index contributed by atoms with van der Waals surface area (Å²) in [5, 5.41) is 3.79. The molecule has 0 aromatic carbocycles. The zero-order chi connectivity index (χ0) is 10.4. The molecule has 14 heavy (non-hydrogen) atoms. The number of rotatable bonds is 5. The van der Waals surface area contributed by atoms with E-state index in [1.807, 2.05) is 19.9 Å². The Morgan fingerprint density at radius 1 is 1.64 bits per heavy atom. The number of carbonyl (C=O) groups excluding carboxylic acids is 1. The SMILES string of the molecule is CCCOC(=O)CCc1cc(C)on1. The van der Waals surface area contributed by atoms with Gasteiger partial charge in [0, 0.05) is 12.5 Å². The van der Waals surface area contributed by atoms with E-state index in [1.165, 1.54) is 0 Å². The van der Waals surface area contributed by atoms with Gasteiger partial charge in [-0.3, -0.25) is 4.79 Å². The van der Waals surface area contributed by atoms with Crippen molar-refractivity contribution in [2.24, 2.45) is 0 Å². The third-order valence-electron chi connectivity index (χ3n) is 1.73. The Hall–Kier alpha value is -1.32. The van der Waals surface area contributed by atoms with Gasteiger partial charge in [-0.05, 0) is 13.3 Å². The first-order chi connectivity index (χ1) is 6.72. The lowest BCUT2D eigenvalue weighted by Gasteiger charge is -2.00. The van der Waals surface area contributed by atoms with Gasteiger partial charge < -0.3 is 9.26 Å². The number of esters is 1. The minimum atomic E-state index is -0.174. The molecular formula is C10H15NO3. The second kappa shape index (κ2) is 5.42. The number of aromatic nitrogens is 1. The van der Waals surface area contributed by atoms with Gasteiger partial charge in [-0.1, -0.05) is 12.1 Å². The number of hydrogen-bond donors (Lipinski definition) is 0. The van der Waals surface area contributed by atoms with Crippen molar-refractivity contribution in [2.75, 3.05) is 6.61 Å². The van der Waals surface area contributed by atoms with Crippen LogP contribution in [0.25, 0.3) is 0 Å². The van der Waals surface area contributed by atoms with E-state index in [9.17, 15) is 4.79 Å². The Kier molecular flexibility index (Phi) is 4.16. The van der Waals surface area contributed by atoms with Crippen molar-refractivity contribution in [2.45, 2.75) is 33.1 Å². The molecule has 1 aromatic heterocycles. The maximum atomic E-state index is 11.1. The van der Waals surface area contributed by atoms with Crippen LogP contribution >= 0.6 is 0 Å². The quantitative estimate of drug-likeness (QED) is 0.676. The number of ether oxygens (including phenoxy) is 1. The third-order valence-corrected chi connectivity index (χ3v) is 1.73. The van der Waals surface area contributed by atoms with Gasteiger partial charge in [0.2, 0.25) is 0 Å². The molecule has 0 aliphatic heterocycles. The molecule has 0 N–H and O–H groups in total. The van der Waals surface area contributed by atoms with Crippen molar-refractivity contribution in [3.63, 3.8) is 0 Å². The average molecular weight is 197 g/mol. The molecule has 0 atom stereocenters. The molecular weight excluding hydrogens is 182 g/mol. The lowest BCUT2D eigenvalue weighted by atomic mass is 10.2. The molecule has 0 aliphatic rings. The van der Waals surface area contributed by atoms with Gasteiger partial charge in [0.25, 0.3) is 0 Å². The van der Waals surface area contributed by atoms with Crippen LogP contribution in [-0.4, -0.2) is 17.7 Å². The summed E-state index contributed by atoms with van der Waals surface area (Å²) in [7, 11) is 0. The van der Waals surface area contributed by atoms with Gasteiger partial charge in [-0.2, -0.15) is 0 Å². The second-order valence-electron chi connectivity index (χ2n) is 3.15. The van der Waals surface area contributed by atoms with Crippen LogP contribution in [0.5, 0.6) is 0 Å². The fourth-order valence-corrected chi connectivity index (χ4v) is 1.05. The molecule has 0 unspecified atom stereocenters. The van der Waals surface area contributed by atoms with Gasteiger partial charge in [0.15, 0.2) is 0 Å². The van der Waals surface area contributed by atoms with Crippen LogP contribution in [0.3, 0.4) is 0 Å². The summed E-state index contributed by atoms with van der Waals surface area (Å²) in [5.41, 5.74) is 0.802. The van der Waals surface area contributed by atoms with E-state index >= 15 is 0 Å². The van der Waals surface area contributed by atoms with Crippen LogP contribution in [0.1, 0.15) is 31.2 Å². The molecule has 0 amide bonds. The summed E-state index contributed by atoms with van der Waals surface area (Å²) in [6.07, 6.45) is 1.81. The number of aryl methyl sites for hydroxylation is 2. The summed E-state index contributed by atoms with van der Waals surface area (Å²) < 4.78 is 9.80. The average Bonchev–Trinajstić information content (AvgIpc) is 2.58. The lowest BCUT2D eigenvalue weighted by Crippen LogP contribution is -2.06. The summed E-state index contributed by atoms with van der Waals surface area (Å²) in [6, 6.07) is 1.83. The van der Waals surface area contributed by atoms with Crippen molar-refractivity contribution < 1.29 is 14.1 Å². The van der Waals surface area contributed by atoms with Crippen LogP contribution in [0.2, 0.25) is 0 Å². The Labute approximate surface area is 83.2 Å². The number of hydrogen-bond acceptors (Lipinski definition) is 4. The highest BCUT2D eigenvalue weighted by Gasteiger charge is 2.05. The molecule has 1 aromatic rings. The van der Waals surface area contributed by atoms with Crippen molar-refractivity contribution in [1.29, 1.82) is 0 Å². The van der Waals surface area contributed by atoms with E-state index in [2.05, 4.69) is 5.16 Å². The molecule has 0 saturated heterocycles. The first-order valence-electron chi connectivity index (χ1n) is 4.80. The van der Waals surface area contributed by atoms with E-state index < -0.39 is 0 Å². The van der Waals surface area contributed by atoms with Gasteiger partial charge in [0.1, 0.15) is 5.76 Å². The first-order valence-corrected chi connectivity index (χ1v) is 4.80. The standard InChI is InChI=1S/C10H15NO3/c1-3-6-13-10(12)5-4-9-7-8(2)14-11-9/h7H,3-6H2,1-2H3. The second-order valence-corrected chi connectivity index (χ2v) is 3.15. The normalized spacial score (nSPS) is 10.1. The number of carbonyl (C=O) groups is 1. The monoisotopic (exact) mass is 197 g/mol. The van der Waals surface area contributed by atoms with Crippen LogP contribution in [0.4, 0.5) is 0 Å². The Morgan fingerprint density at radius 3 is 3.00 bits per heavy atom. The molecule has 0 radical (unpaired) electrons. The zero-order valence-corrected chi connectivity index (χ0v) is 8.58. The molecule has 4 nitrogen and oxygen atoms in total. The molecule has 0 saturated carbocycles. The smallest absolute Gasteiger partial charge is 0.306 e. The van der Waals surface area contributed by atoms with E-state index in [0.29, 0.717) is 19.4 Å². The Balaban J connectivity index is 2.23. The lowest BCUT2D eigenvalue weighted by molar-refractivity contribution is -0.143. The van der Waals surface area contributed by atoms with Crippen LogP contribution in [-0.2, 0) is 16.0 Å².